The summed E-state index contributed by atoms with van der Waals surface area (Å²) in [6, 6.07) is 13.4. The van der Waals surface area contributed by atoms with Crippen LogP contribution in [-0.4, -0.2) is 0 Å². The van der Waals surface area contributed by atoms with Crippen molar-refractivity contribution in [2.24, 2.45) is 0 Å². The van der Waals surface area contributed by atoms with Gasteiger partial charge in [0.2, 0.25) is 0 Å². The number of hydrogen-bond acceptors (Lipinski definition) is 2. The summed E-state index contributed by atoms with van der Waals surface area (Å²) >= 11 is 1.83. The minimum Gasteiger partial charge on any atom is -0.377 e. The molecule has 1 atom stereocenters. The van der Waals surface area contributed by atoms with Gasteiger partial charge >= 0.3 is 0 Å². The van der Waals surface area contributed by atoms with Gasteiger partial charge < -0.3 is 5.32 Å². The van der Waals surface area contributed by atoms with E-state index in [2.05, 4.69) is 67.9 Å². The van der Waals surface area contributed by atoms with Crippen LogP contribution in [0.25, 0.3) is 0 Å². The minimum atomic E-state index is 0.421. The van der Waals surface area contributed by atoms with E-state index >= 15 is 0 Å². The monoisotopic (exact) mass is 259 g/mol. The van der Waals surface area contributed by atoms with Gasteiger partial charge in [0.15, 0.2) is 0 Å². The fourth-order valence-corrected chi connectivity index (χ4v) is 3.04. The lowest BCUT2D eigenvalue weighted by Gasteiger charge is -2.21. The SMILES string of the molecule is CCC(Nc1ccccc1C(C)C)c1cccs1. The molecule has 0 aliphatic rings. The van der Waals surface area contributed by atoms with Crippen molar-refractivity contribution in [1.29, 1.82) is 0 Å². The van der Waals surface area contributed by atoms with Crippen LogP contribution < -0.4 is 5.32 Å². The summed E-state index contributed by atoms with van der Waals surface area (Å²) in [5, 5.41) is 5.84. The lowest BCUT2D eigenvalue weighted by Crippen LogP contribution is -2.10. The van der Waals surface area contributed by atoms with Gasteiger partial charge in [-0.2, -0.15) is 0 Å². The smallest absolute Gasteiger partial charge is 0.0604 e. The van der Waals surface area contributed by atoms with Crippen molar-refractivity contribution in [3.05, 3.63) is 52.2 Å². The quantitative estimate of drug-likeness (QED) is 0.754. The summed E-state index contributed by atoms with van der Waals surface area (Å²) in [5.74, 6) is 0.551. The first-order chi connectivity index (χ1) is 8.72. The molecular weight excluding hydrogens is 238 g/mol. The number of benzene rings is 1. The summed E-state index contributed by atoms with van der Waals surface area (Å²) in [4.78, 5) is 1.41. The topological polar surface area (TPSA) is 12.0 Å². The van der Waals surface area contributed by atoms with Gasteiger partial charge in [-0.25, -0.2) is 0 Å². The molecule has 0 saturated carbocycles. The Balaban J connectivity index is 2.22. The van der Waals surface area contributed by atoms with Crippen molar-refractivity contribution < 1.29 is 0 Å². The van der Waals surface area contributed by atoms with Gasteiger partial charge in [0, 0.05) is 10.6 Å². The first-order valence-corrected chi connectivity index (χ1v) is 7.49. The lowest BCUT2D eigenvalue weighted by molar-refractivity contribution is 0.757. The maximum Gasteiger partial charge on any atom is 0.0604 e. The molecular formula is C16H21NS. The summed E-state index contributed by atoms with van der Waals surface area (Å²) < 4.78 is 0. The standard InChI is InChI=1S/C16H21NS/c1-4-14(16-10-7-11-18-16)17-15-9-6-5-8-13(15)12(2)3/h5-12,14,17H,4H2,1-3H3. The van der Waals surface area contributed by atoms with E-state index in [4.69, 9.17) is 0 Å². The fraction of sp³-hybridized carbons (Fsp3) is 0.375. The summed E-state index contributed by atoms with van der Waals surface area (Å²) in [6.07, 6.45) is 1.10. The van der Waals surface area contributed by atoms with E-state index in [-0.39, 0.29) is 0 Å². The van der Waals surface area contributed by atoms with Crippen molar-refractivity contribution >= 4 is 17.0 Å². The number of hydrogen-bond donors (Lipinski definition) is 1. The van der Waals surface area contributed by atoms with Crippen molar-refractivity contribution in [3.8, 4) is 0 Å². The zero-order chi connectivity index (χ0) is 13.0. The second-order valence-electron chi connectivity index (χ2n) is 4.86. The van der Waals surface area contributed by atoms with E-state index < -0.39 is 0 Å². The Hall–Kier alpha value is -1.28. The van der Waals surface area contributed by atoms with Crippen LogP contribution in [0.1, 0.15) is 49.6 Å². The van der Waals surface area contributed by atoms with Crippen molar-refractivity contribution in [3.63, 3.8) is 0 Å². The maximum atomic E-state index is 3.69. The molecule has 0 aliphatic heterocycles. The first kappa shape index (κ1) is 13.2. The van der Waals surface area contributed by atoms with Gasteiger partial charge in [-0.1, -0.05) is 45.0 Å². The largest absolute Gasteiger partial charge is 0.377 e. The molecule has 1 heterocycles. The second-order valence-corrected chi connectivity index (χ2v) is 5.84. The van der Waals surface area contributed by atoms with Gasteiger partial charge in [0.25, 0.3) is 0 Å². The van der Waals surface area contributed by atoms with Crippen LogP contribution in [0.4, 0.5) is 5.69 Å². The van der Waals surface area contributed by atoms with Gasteiger partial charge in [-0.15, -0.1) is 11.3 Å². The highest BCUT2D eigenvalue weighted by atomic mass is 32.1. The van der Waals surface area contributed by atoms with Gasteiger partial charge in [-0.05, 0) is 35.4 Å². The predicted molar refractivity (Wildman–Crippen MR) is 81.5 cm³/mol. The average molecular weight is 259 g/mol. The summed E-state index contributed by atoms with van der Waals surface area (Å²) in [5.41, 5.74) is 2.67. The molecule has 1 unspecified atom stereocenters. The van der Waals surface area contributed by atoms with Crippen LogP contribution in [0, 0.1) is 0 Å². The normalized spacial score (nSPS) is 12.7. The molecule has 96 valence electrons. The fourth-order valence-electron chi connectivity index (χ4n) is 2.18. The van der Waals surface area contributed by atoms with Crippen LogP contribution >= 0.6 is 11.3 Å². The molecule has 0 fully saturated rings. The zero-order valence-corrected chi connectivity index (χ0v) is 12.1. The maximum absolute atomic E-state index is 3.69. The van der Waals surface area contributed by atoms with E-state index in [0.29, 0.717) is 12.0 Å². The molecule has 0 aliphatic carbocycles. The molecule has 18 heavy (non-hydrogen) atoms. The third kappa shape index (κ3) is 2.94. The Bertz CT molecular complexity index is 474. The third-order valence-corrected chi connectivity index (χ3v) is 4.19. The zero-order valence-electron chi connectivity index (χ0n) is 11.3. The predicted octanol–water partition coefficient (Wildman–Crippen LogP) is 5.43. The van der Waals surface area contributed by atoms with E-state index in [9.17, 15) is 0 Å². The van der Waals surface area contributed by atoms with Crippen LogP contribution in [0.15, 0.2) is 41.8 Å². The Morgan fingerprint density at radius 3 is 2.50 bits per heavy atom. The molecule has 2 heteroatoms. The molecule has 1 aromatic carbocycles. The van der Waals surface area contributed by atoms with Gasteiger partial charge in [-0.3, -0.25) is 0 Å². The van der Waals surface area contributed by atoms with Gasteiger partial charge in [0.05, 0.1) is 6.04 Å². The average Bonchev–Trinajstić information content (AvgIpc) is 2.90. The Kier molecular flexibility index (Phi) is 4.43. The van der Waals surface area contributed by atoms with Crippen LogP contribution in [0.2, 0.25) is 0 Å². The number of para-hydroxylation sites is 1. The lowest BCUT2D eigenvalue weighted by atomic mass is 10.0. The van der Waals surface area contributed by atoms with E-state index in [1.54, 1.807) is 0 Å². The molecule has 1 nitrogen and oxygen atoms in total. The Morgan fingerprint density at radius 2 is 1.89 bits per heavy atom. The first-order valence-electron chi connectivity index (χ1n) is 6.61. The van der Waals surface area contributed by atoms with Crippen molar-refractivity contribution in [2.75, 3.05) is 5.32 Å². The molecule has 1 aromatic heterocycles. The highest BCUT2D eigenvalue weighted by molar-refractivity contribution is 7.10. The second kappa shape index (κ2) is 6.05. The van der Waals surface area contributed by atoms with Crippen LogP contribution in [0.5, 0.6) is 0 Å². The minimum absolute atomic E-state index is 0.421. The third-order valence-electron chi connectivity index (χ3n) is 3.21. The van der Waals surface area contributed by atoms with Crippen LogP contribution in [0.3, 0.4) is 0 Å². The number of thiophene rings is 1. The molecule has 0 spiro atoms. The number of anilines is 1. The van der Waals surface area contributed by atoms with E-state index in [0.717, 1.165) is 6.42 Å². The molecule has 2 aromatic rings. The summed E-state index contributed by atoms with van der Waals surface area (Å²) in [6.45, 7) is 6.72. The highest BCUT2D eigenvalue weighted by Gasteiger charge is 2.13. The molecule has 1 N–H and O–H groups in total. The van der Waals surface area contributed by atoms with E-state index in [1.165, 1.54) is 16.1 Å². The molecule has 2 rings (SSSR count). The van der Waals surface area contributed by atoms with Crippen LogP contribution in [-0.2, 0) is 0 Å². The van der Waals surface area contributed by atoms with E-state index in [1.807, 2.05) is 11.3 Å². The Labute approximate surface area is 114 Å². The molecule has 0 saturated heterocycles. The molecule has 0 bridgehead atoms. The highest BCUT2D eigenvalue weighted by Crippen LogP contribution is 2.30. The van der Waals surface area contributed by atoms with Gasteiger partial charge in [0.1, 0.15) is 0 Å². The molecule has 0 radical (unpaired) electrons. The summed E-state index contributed by atoms with van der Waals surface area (Å²) in [7, 11) is 0. The molecule has 0 amide bonds. The Morgan fingerprint density at radius 1 is 1.11 bits per heavy atom. The number of nitrogens with one attached hydrogen (secondary N) is 1. The van der Waals surface area contributed by atoms with Crippen molar-refractivity contribution in [2.45, 2.75) is 39.2 Å². The van der Waals surface area contributed by atoms with Crippen molar-refractivity contribution in [1.82, 2.24) is 0 Å². The number of rotatable bonds is 5.